The molecular formula is C11H22ClN. The molecule has 0 aromatic heterocycles. The molecule has 0 saturated carbocycles. The quantitative estimate of drug-likeness (QED) is 0.697. The number of hydrogen-bond donors (Lipinski definition) is 1. The minimum atomic E-state index is 0.585. The SMILES string of the molecule is CCC(CC)C(C)NCC(C)=CCl. The van der Waals surface area contributed by atoms with Gasteiger partial charge < -0.3 is 5.32 Å². The van der Waals surface area contributed by atoms with Crippen LogP contribution in [-0.4, -0.2) is 12.6 Å². The van der Waals surface area contributed by atoms with Gasteiger partial charge in [-0.05, 0) is 25.3 Å². The number of halogens is 1. The molecule has 0 fully saturated rings. The minimum absolute atomic E-state index is 0.585. The molecule has 1 atom stereocenters. The van der Waals surface area contributed by atoms with Crippen molar-refractivity contribution in [3.8, 4) is 0 Å². The smallest absolute Gasteiger partial charge is 0.0176 e. The topological polar surface area (TPSA) is 12.0 Å². The largest absolute Gasteiger partial charge is 0.310 e. The summed E-state index contributed by atoms with van der Waals surface area (Å²) < 4.78 is 0. The van der Waals surface area contributed by atoms with E-state index in [0.717, 1.165) is 12.5 Å². The van der Waals surface area contributed by atoms with Gasteiger partial charge in [0, 0.05) is 18.1 Å². The molecule has 0 rings (SSSR count). The third-order valence-corrected chi connectivity index (χ3v) is 3.02. The van der Waals surface area contributed by atoms with E-state index in [1.165, 1.54) is 18.4 Å². The first-order valence-electron chi connectivity index (χ1n) is 5.14. The molecule has 0 aliphatic rings. The first-order chi connectivity index (χ1) is 6.15. The van der Waals surface area contributed by atoms with E-state index in [9.17, 15) is 0 Å². The Morgan fingerprint density at radius 1 is 1.38 bits per heavy atom. The van der Waals surface area contributed by atoms with Crippen molar-refractivity contribution in [3.05, 3.63) is 11.1 Å². The van der Waals surface area contributed by atoms with Crippen molar-refractivity contribution in [2.45, 2.75) is 46.6 Å². The highest BCUT2D eigenvalue weighted by Crippen LogP contribution is 2.12. The molecule has 0 amide bonds. The van der Waals surface area contributed by atoms with Gasteiger partial charge in [-0.25, -0.2) is 0 Å². The Balaban J connectivity index is 3.78. The molecule has 0 bridgehead atoms. The maximum absolute atomic E-state index is 5.58. The fourth-order valence-corrected chi connectivity index (χ4v) is 1.60. The van der Waals surface area contributed by atoms with Gasteiger partial charge in [0.25, 0.3) is 0 Å². The van der Waals surface area contributed by atoms with Gasteiger partial charge in [-0.2, -0.15) is 0 Å². The second-order valence-corrected chi connectivity index (χ2v) is 3.92. The molecular weight excluding hydrogens is 182 g/mol. The summed E-state index contributed by atoms with van der Waals surface area (Å²) in [5, 5.41) is 3.48. The van der Waals surface area contributed by atoms with E-state index < -0.39 is 0 Å². The van der Waals surface area contributed by atoms with E-state index in [0.29, 0.717) is 6.04 Å². The van der Waals surface area contributed by atoms with Crippen LogP contribution in [0.3, 0.4) is 0 Å². The summed E-state index contributed by atoms with van der Waals surface area (Å²) in [4.78, 5) is 0. The minimum Gasteiger partial charge on any atom is -0.310 e. The van der Waals surface area contributed by atoms with Crippen LogP contribution in [0, 0.1) is 5.92 Å². The summed E-state index contributed by atoms with van der Waals surface area (Å²) in [6, 6.07) is 0.585. The van der Waals surface area contributed by atoms with Gasteiger partial charge in [0.15, 0.2) is 0 Å². The lowest BCUT2D eigenvalue weighted by atomic mass is 9.95. The van der Waals surface area contributed by atoms with Crippen molar-refractivity contribution < 1.29 is 0 Å². The average molecular weight is 204 g/mol. The first-order valence-corrected chi connectivity index (χ1v) is 5.58. The van der Waals surface area contributed by atoms with Crippen molar-refractivity contribution in [2.24, 2.45) is 5.92 Å². The van der Waals surface area contributed by atoms with Crippen molar-refractivity contribution in [3.63, 3.8) is 0 Å². The fourth-order valence-electron chi connectivity index (χ4n) is 1.52. The van der Waals surface area contributed by atoms with Crippen LogP contribution in [0.15, 0.2) is 11.1 Å². The van der Waals surface area contributed by atoms with Gasteiger partial charge in [0.1, 0.15) is 0 Å². The number of hydrogen-bond acceptors (Lipinski definition) is 1. The van der Waals surface area contributed by atoms with Crippen LogP contribution in [-0.2, 0) is 0 Å². The summed E-state index contributed by atoms with van der Waals surface area (Å²) in [5.41, 5.74) is 2.84. The molecule has 0 radical (unpaired) electrons. The Morgan fingerprint density at radius 3 is 2.31 bits per heavy atom. The van der Waals surface area contributed by atoms with Crippen LogP contribution in [0.1, 0.15) is 40.5 Å². The summed E-state index contributed by atoms with van der Waals surface area (Å²) in [5.74, 6) is 0.781. The molecule has 1 unspecified atom stereocenters. The number of nitrogens with one attached hydrogen (secondary N) is 1. The Morgan fingerprint density at radius 2 is 1.92 bits per heavy atom. The van der Waals surface area contributed by atoms with Crippen LogP contribution < -0.4 is 5.32 Å². The Labute approximate surface area is 87.6 Å². The Hall–Kier alpha value is -0.0100. The summed E-state index contributed by atoms with van der Waals surface area (Å²) in [6.45, 7) is 9.69. The molecule has 0 spiro atoms. The molecule has 0 aromatic carbocycles. The van der Waals surface area contributed by atoms with Crippen LogP contribution in [0.25, 0.3) is 0 Å². The van der Waals surface area contributed by atoms with Gasteiger partial charge in [-0.15, -0.1) is 0 Å². The summed E-state index contributed by atoms with van der Waals surface area (Å²) >= 11 is 5.58. The average Bonchev–Trinajstić information content (AvgIpc) is 2.16. The zero-order valence-electron chi connectivity index (χ0n) is 9.23. The molecule has 0 heterocycles. The van der Waals surface area contributed by atoms with E-state index in [2.05, 4.69) is 26.1 Å². The van der Waals surface area contributed by atoms with Gasteiger partial charge in [-0.3, -0.25) is 0 Å². The zero-order chi connectivity index (χ0) is 10.3. The van der Waals surface area contributed by atoms with Gasteiger partial charge in [0.2, 0.25) is 0 Å². The molecule has 0 saturated heterocycles. The van der Waals surface area contributed by atoms with E-state index in [-0.39, 0.29) is 0 Å². The maximum Gasteiger partial charge on any atom is 0.0176 e. The van der Waals surface area contributed by atoms with E-state index in [1.54, 1.807) is 5.54 Å². The lowest BCUT2D eigenvalue weighted by Gasteiger charge is -2.22. The van der Waals surface area contributed by atoms with Crippen LogP contribution >= 0.6 is 11.6 Å². The summed E-state index contributed by atoms with van der Waals surface area (Å²) in [6.07, 6.45) is 2.49. The highest BCUT2D eigenvalue weighted by Gasteiger charge is 2.11. The standard InChI is InChI=1S/C11H22ClN/c1-5-11(6-2)10(4)13-8-9(3)7-12/h7,10-11,13H,5-6,8H2,1-4H3. The summed E-state index contributed by atoms with van der Waals surface area (Å²) in [7, 11) is 0. The molecule has 0 aliphatic carbocycles. The lowest BCUT2D eigenvalue weighted by Crippen LogP contribution is -2.34. The third kappa shape index (κ3) is 5.33. The fraction of sp³-hybridized carbons (Fsp3) is 0.818. The lowest BCUT2D eigenvalue weighted by molar-refractivity contribution is 0.362. The van der Waals surface area contributed by atoms with E-state index in [4.69, 9.17) is 11.6 Å². The highest BCUT2D eigenvalue weighted by atomic mass is 35.5. The molecule has 2 heteroatoms. The first kappa shape index (κ1) is 13.0. The maximum atomic E-state index is 5.58. The monoisotopic (exact) mass is 203 g/mol. The van der Waals surface area contributed by atoms with Crippen molar-refractivity contribution in [2.75, 3.05) is 6.54 Å². The van der Waals surface area contributed by atoms with E-state index in [1.807, 2.05) is 6.92 Å². The van der Waals surface area contributed by atoms with Crippen molar-refractivity contribution in [1.82, 2.24) is 5.32 Å². The van der Waals surface area contributed by atoms with Gasteiger partial charge >= 0.3 is 0 Å². The molecule has 1 nitrogen and oxygen atoms in total. The highest BCUT2D eigenvalue weighted by molar-refractivity contribution is 6.25. The Kier molecular flexibility index (Phi) is 7.39. The van der Waals surface area contributed by atoms with Crippen LogP contribution in [0.4, 0.5) is 0 Å². The molecule has 1 N–H and O–H groups in total. The van der Waals surface area contributed by atoms with Crippen LogP contribution in [0.5, 0.6) is 0 Å². The van der Waals surface area contributed by atoms with Crippen molar-refractivity contribution >= 4 is 11.6 Å². The predicted molar refractivity (Wildman–Crippen MR) is 61.1 cm³/mol. The predicted octanol–water partition coefficient (Wildman–Crippen LogP) is 3.54. The molecule has 0 aromatic rings. The second-order valence-electron chi connectivity index (χ2n) is 3.70. The third-order valence-electron chi connectivity index (χ3n) is 2.64. The molecule has 13 heavy (non-hydrogen) atoms. The number of rotatable bonds is 6. The molecule has 0 aliphatic heterocycles. The van der Waals surface area contributed by atoms with Gasteiger partial charge in [-0.1, -0.05) is 38.3 Å². The van der Waals surface area contributed by atoms with Crippen LogP contribution in [0.2, 0.25) is 0 Å². The normalized spacial score (nSPS) is 15.1. The van der Waals surface area contributed by atoms with Gasteiger partial charge in [0.05, 0.1) is 0 Å². The van der Waals surface area contributed by atoms with Crippen molar-refractivity contribution in [1.29, 1.82) is 0 Å². The molecule has 78 valence electrons. The van der Waals surface area contributed by atoms with E-state index >= 15 is 0 Å². The zero-order valence-corrected chi connectivity index (χ0v) is 9.99. The Bertz CT molecular complexity index is 150. The second kappa shape index (κ2) is 7.40.